The standard InChI is InChI=1S/C28H35N7O5S/c1-14(2)21-26-34-23(17(6)40-26)25(38)30-16(5)11-35(28(39)18-7-9-29-10-8-18)12-20(36)32-22(15(3)4)27-31-19(13-41-27)24(37)33-21/h7-10,13-16,21-22H,11-12H2,1-6H3,(H,30,38)(H,32,36)(H,33,37)/t16-,21-,22+/m1/s1. The number of rotatable bonds is 3. The van der Waals surface area contributed by atoms with Crippen LogP contribution >= 0.6 is 11.3 Å². The van der Waals surface area contributed by atoms with Gasteiger partial charge in [0.1, 0.15) is 22.5 Å². The second-order valence-corrected chi connectivity index (χ2v) is 11.7. The van der Waals surface area contributed by atoms with E-state index in [0.29, 0.717) is 16.3 Å². The number of aromatic nitrogens is 3. The van der Waals surface area contributed by atoms with E-state index < -0.39 is 35.8 Å². The molecule has 1 aliphatic rings. The fourth-order valence-electron chi connectivity index (χ4n) is 4.49. The molecule has 0 saturated carbocycles. The van der Waals surface area contributed by atoms with Crippen LogP contribution in [-0.2, 0) is 4.79 Å². The van der Waals surface area contributed by atoms with Gasteiger partial charge in [-0.25, -0.2) is 9.97 Å². The molecule has 12 nitrogen and oxygen atoms in total. The molecule has 0 spiro atoms. The van der Waals surface area contributed by atoms with Gasteiger partial charge in [-0.1, -0.05) is 27.7 Å². The van der Waals surface area contributed by atoms with Crippen molar-refractivity contribution in [1.29, 1.82) is 0 Å². The number of carbonyl (C=O) groups excluding carboxylic acids is 4. The van der Waals surface area contributed by atoms with E-state index in [1.54, 1.807) is 31.4 Å². The summed E-state index contributed by atoms with van der Waals surface area (Å²) in [7, 11) is 0. The van der Waals surface area contributed by atoms with E-state index in [1.165, 1.54) is 28.6 Å². The molecule has 3 N–H and O–H groups in total. The molecule has 0 aliphatic carbocycles. The maximum absolute atomic E-state index is 13.4. The van der Waals surface area contributed by atoms with Crippen LogP contribution in [0.4, 0.5) is 0 Å². The van der Waals surface area contributed by atoms with Gasteiger partial charge in [-0.05, 0) is 37.8 Å². The summed E-state index contributed by atoms with van der Waals surface area (Å²) in [6.45, 7) is 10.9. The normalized spacial score (nSPS) is 20.7. The zero-order valence-electron chi connectivity index (χ0n) is 23.9. The maximum Gasteiger partial charge on any atom is 0.273 e. The fourth-order valence-corrected chi connectivity index (χ4v) is 5.52. The first-order chi connectivity index (χ1) is 19.4. The predicted molar refractivity (Wildman–Crippen MR) is 151 cm³/mol. The van der Waals surface area contributed by atoms with Gasteiger partial charge in [0.15, 0.2) is 5.69 Å². The van der Waals surface area contributed by atoms with Gasteiger partial charge >= 0.3 is 0 Å². The molecule has 41 heavy (non-hydrogen) atoms. The maximum atomic E-state index is 13.4. The lowest BCUT2D eigenvalue weighted by Crippen LogP contribution is -2.48. The Kier molecular flexibility index (Phi) is 9.16. The SMILES string of the molecule is Cc1oc2nc1C(=O)N[C@H](C)CN(C(=O)c1ccncc1)CC(=O)N[C@@H](C(C)C)c1nc(cs1)C(=O)N[C@@H]2C(C)C. The summed E-state index contributed by atoms with van der Waals surface area (Å²) in [6, 6.07) is 1.50. The molecule has 1 aliphatic heterocycles. The lowest BCUT2D eigenvalue weighted by atomic mass is 10.0. The van der Waals surface area contributed by atoms with Crippen molar-refractivity contribution in [2.24, 2.45) is 11.8 Å². The summed E-state index contributed by atoms with van der Waals surface area (Å²) >= 11 is 1.27. The zero-order chi connectivity index (χ0) is 29.8. The second kappa shape index (κ2) is 12.6. The van der Waals surface area contributed by atoms with Crippen molar-refractivity contribution in [1.82, 2.24) is 35.8 Å². The van der Waals surface area contributed by atoms with Crippen LogP contribution in [0.2, 0.25) is 0 Å². The van der Waals surface area contributed by atoms with E-state index in [9.17, 15) is 19.2 Å². The minimum Gasteiger partial charge on any atom is -0.443 e. The molecule has 13 heteroatoms. The number of fused-ring (bicyclic) bond motifs is 4. The third-order valence-corrected chi connectivity index (χ3v) is 7.60. The first-order valence-corrected chi connectivity index (χ1v) is 14.4. The number of carbonyl (C=O) groups is 4. The number of thiazole rings is 1. The molecule has 3 atom stereocenters. The van der Waals surface area contributed by atoms with Gasteiger partial charge < -0.3 is 25.3 Å². The third-order valence-electron chi connectivity index (χ3n) is 6.67. The number of amides is 4. The van der Waals surface area contributed by atoms with E-state index in [0.717, 1.165) is 0 Å². The van der Waals surface area contributed by atoms with Crippen molar-refractivity contribution in [2.75, 3.05) is 13.1 Å². The Bertz CT molecular complexity index is 1420. The molecule has 4 bridgehead atoms. The summed E-state index contributed by atoms with van der Waals surface area (Å²) in [5.74, 6) is -1.35. The van der Waals surface area contributed by atoms with Crippen molar-refractivity contribution >= 4 is 35.0 Å². The number of hydrogen-bond acceptors (Lipinski definition) is 9. The lowest BCUT2D eigenvalue weighted by molar-refractivity contribution is -0.122. The van der Waals surface area contributed by atoms with E-state index in [-0.39, 0.29) is 48.1 Å². The highest BCUT2D eigenvalue weighted by atomic mass is 32.1. The highest BCUT2D eigenvalue weighted by Gasteiger charge is 2.31. The van der Waals surface area contributed by atoms with E-state index in [2.05, 4.69) is 30.9 Å². The van der Waals surface area contributed by atoms with Gasteiger partial charge in [0, 0.05) is 35.9 Å². The zero-order valence-corrected chi connectivity index (χ0v) is 24.7. The second-order valence-electron chi connectivity index (χ2n) is 10.8. The quantitative estimate of drug-likeness (QED) is 0.426. The number of hydrogen-bond donors (Lipinski definition) is 3. The Morgan fingerprint density at radius 2 is 1.68 bits per heavy atom. The predicted octanol–water partition coefficient (Wildman–Crippen LogP) is 3.05. The number of pyridine rings is 1. The Balaban J connectivity index is 1.73. The molecular formula is C28H35N7O5S. The highest BCUT2D eigenvalue weighted by molar-refractivity contribution is 7.09. The minimum absolute atomic E-state index is 0.0497. The van der Waals surface area contributed by atoms with Gasteiger partial charge in [0.2, 0.25) is 11.8 Å². The van der Waals surface area contributed by atoms with Crippen LogP contribution < -0.4 is 16.0 Å². The summed E-state index contributed by atoms with van der Waals surface area (Å²) < 4.78 is 5.85. The van der Waals surface area contributed by atoms with Gasteiger partial charge in [-0.3, -0.25) is 24.2 Å². The molecule has 0 unspecified atom stereocenters. The number of oxazole rings is 1. The minimum atomic E-state index is -0.613. The molecule has 4 rings (SSSR count). The summed E-state index contributed by atoms with van der Waals surface area (Å²) in [6.07, 6.45) is 3.00. The van der Waals surface area contributed by atoms with E-state index >= 15 is 0 Å². The average molecular weight is 582 g/mol. The largest absolute Gasteiger partial charge is 0.443 e. The summed E-state index contributed by atoms with van der Waals surface area (Å²) in [5.41, 5.74) is 0.635. The average Bonchev–Trinajstić information content (AvgIpc) is 3.56. The fraction of sp³-hybridized carbons (Fsp3) is 0.464. The first kappa shape index (κ1) is 29.8. The number of nitrogens with one attached hydrogen (secondary N) is 3. The van der Waals surface area contributed by atoms with Crippen LogP contribution in [0.1, 0.15) is 94.7 Å². The van der Waals surface area contributed by atoms with Crippen molar-refractivity contribution < 1.29 is 23.6 Å². The highest BCUT2D eigenvalue weighted by Crippen LogP contribution is 2.27. The summed E-state index contributed by atoms with van der Waals surface area (Å²) in [5, 5.41) is 11.0. The third kappa shape index (κ3) is 6.96. The van der Waals surface area contributed by atoms with Crippen molar-refractivity contribution in [3.63, 3.8) is 0 Å². The van der Waals surface area contributed by atoms with Crippen LogP contribution in [0.3, 0.4) is 0 Å². The topological polar surface area (TPSA) is 159 Å². The Hall–Kier alpha value is -4.13. The van der Waals surface area contributed by atoms with Crippen LogP contribution in [-0.4, -0.2) is 62.6 Å². The van der Waals surface area contributed by atoms with Crippen LogP contribution in [0, 0.1) is 18.8 Å². The Morgan fingerprint density at radius 1 is 1.00 bits per heavy atom. The Morgan fingerprint density at radius 3 is 2.34 bits per heavy atom. The van der Waals surface area contributed by atoms with Crippen LogP contribution in [0.25, 0.3) is 0 Å². The molecule has 0 aromatic carbocycles. The summed E-state index contributed by atoms with van der Waals surface area (Å²) in [4.78, 5) is 67.4. The van der Waals surface area contributed by atoms with Gasteiger partial charge in [-0.2, -0.15) is 0 Å². The van der Waals surface area contributed by atoms with Crippen LogP contribution in [0.15, 0.2) is 34.3 Å². The van der Waals surface area contributed by atoms with E-state index in [4.69, 9.17) is 4.42 Å². The monoisotopic (exact) mass is 581 g/mol. The molecule has 4 heterocycles. The molecule has 0 fully saturated rings. The molecule has 218 valence electrons. The first-order valence-electron chi connectivity index (χ1n) is 13.5. The van der Waals surface area contributed by atoms with Crippen molar-refractivity contribution in [2.45, 2.75) is 59.7 Å². The molecular weight excluding hydrogens is 546 g/mol. The number of aryl methyl sites for hydroxylation is 1. The van der Waals surface area contributed by atoms with Crippen molar-refractivity contribution in [3.05, 3.63) is 63.5 Å². The molecule has 0 radical (unpaired) electrons. The number of nitrogens with zero attached hydrogens (tertiary/aromatic N) is 4. The van der Waals surface area contributed by atoms with Crippen molar-refractivity contribution in [3.8, 4) is 0 Å². The molecule has 4 amide bonds. The van der Waals surface area contributed by atoms with Gasteiger partial charge in [0.05, 0.1) is 12.6 Å². The molecule has 3 aromatic heterocycles. The molecule has 3 aromatic rings. The smallest absolute Gasteiger partial charge is 0.273 e. The van der Waals surface area contributed by atoms with Gasteiger partial charge in [-0.15, -0.1) is 11.3 Å². The van der Waals surface area contributed by atoms with E-state index in [1.807, 2.05) is 27.7 Å². The lowest BCUT2D eigenvalue weighted by Gasteiger charge is -2.27. The molecule has 0 saturated heterocycles. The van der Waals surface area contributed by atoms with Gasteiger partial charge in [0.25, 0.3) is 17.7 Å². The van der Waals surface area contributed by atoms with Crippen LogP contribution in [0.5, 0.6) is 0 Å². The Labute approximate surface area is 242 Å².